The molecule has 3 rings (SSSR count). The van der Waals surface area contributed by atoms with Crippen molar-refractivity contribution in [2.45, 2.75) is 12.5 Å². The second-order valence-electron chi connectivity index (χ2n) is 4.95. The second-order valence-corrected chi connectivity index (χ2v) is 4.95. The van der Waals surface area contributed by atoms with Gasteiger partial charge in [-0.15, -0.1) is 0 Å². The van der Waals surface area contributed by atoms with E-state index in [2.05, 4.69) is 5.10 Å². The van der Waals surface area contributed by atoms with Crippen LogP contribution in [0.4, 0.5) is 0 Å². The number of carbonyl (C=O) groups excluding carboxylic acids is 1. The summed E-state index contributed by atoms with van der Waals surface area (Å²) in [5, 5.41) is 5.87. The largest absolute Gasteiger partial charge is 0.277 e. The molecule has 1 aliphatic heterocycles. The molecule has 0 N–H and O–H groups in total. The minimum atomic E-state index is -0.000812. The van der Waals surface area contributed by atoms with Crippen molar-refractivity contribution in [2.24, 2.45) is 5.10 Å². The lowest BCUT2D eigenvalue weighted by atomic mass is 10.0. The monoisotopic (exact) mass is 276 g/mol. The van der Waals surface area contributed by atoms with Gasteiger partial charge >= 0.3 is 0 Å². The Morgan fingerprint density at radius 1 is 0.952 bits per heavy atom. The van der Waals surface area contributed by atoms with Gasteiger partial charge in [0.25, 0.3) is 0 Å². The molecule has 2 aromatic carbocycles. The van der Waals surface area contributed by atoms with Crippen molar-refractivity contribution in [1.29, 1.82) is 0 Å². The Morgan fingerprint density at radius 2 is 1.62 bits per heavy atom. The number of benzene rings is 2. The summed E-state index contributed by atoms with van der Waals surface area (Å²) in [7, 11) is 0. The van der Waals surface area contributed by atoms with Crippen molar-refractivity contribution in [1.82, 2.24) is 5.01 Å². The van der Waals surface area contributed by atoms with E-state index in [9.17, 15) is 4.79 Å². The maximum atomic E-state index is 11.2. The first-order valence-electron chi connectivity index (χ1n) is 6.96. The van der Waals surface area contributed by atoms with Gasteiger partial charge in [0.2, 0.25) is 6.41 Å². The van der Waals surface area contributed by atoms with Crippen LogP contribution < -0.4 is 0 Å². The molecule has 104 valence electrons. The van der Waals surface area contributed by atoms with Gasteiger partial charge in [-0.1, -0.05) is 66.7 Å². The van der Waals surface area contributed by atoms with Gasteiger partial charge in [-0.25, -0.2) is 5.01 Å². The zero-order valence-corrected chi connectivity index (χ0v) is 11.6. The topological polar surface area (TPSA) is 32.7 Å². The van der Waals surface area contributed by atoms with Crippen molar-refractivity contribution in [3.05, 3.63) is 77.9 Å². The zero-order chi connectivity index (χ0) is 14.5. The molecular weight excluding hydrogens is 260 g/mol. The molecule has 0 aliphatic carbocycles. The van der Waals surface area contributed by atoms with Crippen molar-refractivity contribution in [2.75, 3.05) is 0 Å². The molecule has 1 heterocycles. The number of hydrogen-bond donors (Lipinski definition) is 0. The highest BCUT2D eigenvalue weighted by Crippen LogP contribution is 2.29. The van der Waals surface area contributed by atoms with E-state index in [0.29, 0.717) is 0 Å². The van der Waals surface area contributed by atoms with Gasteiger partial charge in [0.1, 0.15) is 0 Å². The molecule has 0 saturated carbocycles. The summed E-state index contributed by atoms with van der Waals surface area (Å²) >= 11 is 0. The fourth-order valence-electron chi connectivity index (χ4n) is 2.45. The Kier molecular flexibility index (Phi) is 3.92. The van der Waals surface area contributed by atoms with Crippen LogP contribution in [0, 0.1) is 0 Å². The first-order valence-corrected chi connectivity index (χ1v) is 6.96. The van der Waals surface area contributed by atoms with E-state index >= 15 is 0 Å². The van der Waals surface area contributed by atoms with Crippen LogP contribution in [0.5, 0.6) is 0 Å². The van der Waals surface area contributed by atoms with Crippen LogP contribution in [0.1, 0.15) is 23.6 Å². The second kappa shape index (κ2) is 6.18. The number of allylic oxidation sites excluding steroid dienone is 1. The number of nitrogens with zero attached hydrogens (tertiary/aromatic N) is 2. The smallest absolute Gasteiger partial charge is 0.230 e. The van der Waals surface area contributed by atoms with E-state index in [4.69, 9.17) is 0 Å². The van der Waals surface area contributed by atoms with Crippen molar-refractivity contribution in [3.8, 4) is 0 Å². The first-order chi connectivity index (χ1) is 10.4. The number of hydrogen-bond acceptors (Lipinski definition) is 2. The number of hydrazone groups is 1. The van der Waals surface area contributed by atoms with Crippen LogP contribution in [-0.4, -0.2) is 17.1 Å². The summed E-state index contributed by atoms with van der Waals surface area (Å²) in [5.74, 6) is 0. The molecule has 3 heteroatoms. The molecule has 3 nitrogen and oxygen atoms in total. The Hall–Kier alpha value is -2.68. The SMILES string of the molecule is O=CN1N=C(C=Cc2ccccc2)C[C@@H]1c1ccccc1. The first kappa shape index (κ1) is 13.3. The van der Waals surface area contributed by atoms with Gasteiger partial charge in [0.05, 0.1) is 11.8 Å². The average Bonchev–Trinajstić information content (AvgIpc) is 2.98. The molecule has 21 heavy (non-hydrogen) atoms. The van der Waals surface area contributed by atoms with Crippen LogP contribution in [0.3, 0.4) is 0 Å². The predicted molar refractivity (Wildman–Crippen MR) is 84.6 cm³/mol. The van der Waals surface area contributed by atoms with E-state index in [0.717, 1.165) is 29.7 Å². The van der Waals surface area contributed by atoms with Gasteiger partial charge in [-0.2, -0.15) is 5.10 Å². The molecule has 1 amide bonds. The Labute approximate surface area is 124 Å². The molecule has 0 bridgehead atoms. The highest BCUT2D eigenvalue weighted by molar-refractivity contribution is 6.00. The maximum Gasteiger partial charge on any atom is 0.230 e. The van der Waals surface area contributed by atoms with E-state index in [1.165, 1.54) is 5.01 Å². The lowest BCUT2D eigenvalue weighted by Gasteiger charge is -2.16. The quantitative estimate of drug-likeness (QED) is 0.784. The van der Waals surface area contributed by atoms with Gasteiger partial charge < -0.3 is 0 Å². The molecule has 0 aromatic heterocycles. The van der Waals surface area contributed by atoms with Crippen molar-refractivity contribution < 1.29 is 4.79 Å². The fourth-order valence-corrected chi connectivity index (χ4v) is 2.45. The van der Waals surface area contributed by atoms with Crippen LogP contribution in [0.15, 0.2) is 71.8 Å². The summed E-state index contributed by atoms with van der Waals surface area (Å²) in [6.45, 7) is 0. The molecule has 0 spiro atoms. The van der Waals surface area contributed by atoms with E-state index < -0.39 is 0 Å². The van der Waals surface area contributed by atoms with Crippen LogP contribution in [0.25, 0.3) is 6.08 Å². The maximum absolute atomic E-state index is 11.2. The lowest BCUT2D eigenvalue weighted by Crippen LogP contribution is -2.17. The summed E-state index contributed by atoms with van der Waals surface area (Å²) in [5.41, 5.74) is 3.15. The molecule has 0 saturated heterocycles. The summed E-state index contributed by atoms with van der Waals surface area (Å²) < 4.78 is 0. The van der Waals surface area contributed by atoms with Gasteiger partial charge in [0, 0.05) is 6.42 Å². The normalized spacial score (nSPS) is 18.0. The molecular formula is C18H16N2O. The van der Waals surface area contributed by atoms with Gasteiger partial charge in [-0.05, 0) is 17.2 Å². The number of carbonyl (C=O) groups is 1. The average molecular weight is 276 g/mol. The van der Waals surface area contributed by atoms with E-state index in [1.54, 1.807) is 0 Å². The highest BCUT2D eigenvalue weighted by atomic mass is 16.1. The van der Waals surface area contributed by atoms with Crippen molar-refractivity contribution in [3.63, 3.8) is 0 Å². The molecule has 1 aliphatic rings. The minimum Gasteiger partial charge on any atom is -0.277 e. The Bertz CT molecular complexity index is 662. The molecule has 1 atom stereocenters. The summed E-state index contributed by atoms with van der Waals surface area (Å²) in [6, 6.07) is 20.1. The van der Waals surface area contributed by atoms with Crippen LogP contribution in [-0.2, 0) is 4.79 Å². The third-order valence-electron chi connectivity index (χ3n) is 3.53. The number of rotatable bonds is 4. The van der Waals surface area contributed by atoms with E-state index in [-0.39, 0.29) is 6.04 Å². The molecule has 0 unspecified atom stereocenters. The van der Waals surface area contributed by atoms with Crippen LogP contribution >= 0.6 is 0 Å². The van der Waals surface area contributed by atoms with Gasteiger partial charge in [0.15, 0.2) is 0 Å². The predicted octanol–water partition coefficient (Wildman–Crippen LogP) is 3.66. The molecule has 0 fully saturated rings. The Morgan fingerprint density at radius 3 is 2.29 bits per heavy atom. The highest BCUT2D eigenvalue weighted by Gasteiger charge is 2.26. The standard InChI is InChI=1S/C18H16N2O/c21-14-20-18(16-9-5-2-6-10-16)13-17(19-20)12-11-15-7-3-1-4-8-15/h1-12,14,18H,13H2/t18-/m1/s1. The fraction of sp³-hybridized carbons (Fsp3) is 0.111. The molecule has 0 radical (unpaired) electrons. The minimum absolute atomic E-state index is 0.000812. The van der Waals surface area contributed by atoms with Crippen molar-refractivity contribution >= 4 is 18.2 Å². The number of amides is 1. The van der Waals surface area contributed by atoms with E-state index in [1.807, 2.05) is 72.8 Å². The molecule has 2 aromatic rings. The van der Waals surface area contributed by atoms with Crippen LogP contribution in [0.2, 0.25) is 0 Å². The summed E-state index contributed by atoms with van der Waals surface area (Å²) in [4.78, 5) is 11.2. The summed E-state index contributed by atoms with van der Waals surface area (Å²) in [6.07, 6.45) is 5.54. The van der Waals surface area contributed by atoms with Gasteiger partial charge in [-0.3, -0.25) is 4.79 Å². The Balaban J connectivity index is 1.77. The lowest BCUT2D eigenvalue weighted by molar-refractivity contribution is -0.119. The zero-order valence-electron chi connectivity index (χ0n) is 11.6. The third kappa shape index (κ3) is 3.08. The third-order valence-corrected chi connectivity index (χ3v) is 3.53.